The highest BCUT2D eigenvalue weighted by atomic mass is 28.4. The van der Waals surface area contributed by atoms with E-state index in [4.69, 9.17) is 9.16 Å². The Labute approximate surface area is 158 Å². The fourth-order valence-electron chi connectivity index (χ4n) is 5.96. The minimum Gasteiger partial charge on any atom is -0.542 e. The molecule has 3 aliphatic rings. The van der Waals surface area contributed by atoms with Crippen molar-refractivity contribution in [2.45, 2.75) is 71.0 Å². The van der Waals surface area contributed by atoms with E-state index in [1.165, 1.54) is 17.5 Å². The molecule has 1 aromatic rings. The van der Waals surface area contributed by atoms with Crippen LogP contribution >= 0.6 is 0 Å². The maximum Gasteiger partial charge on any atom is 0.242 e. The number of methoxy groups -OCH3 is 1. The molecule has 4 atom stereocenters. The van der Waals surface area contributed by atoms with Crippen LogP contribution in [0.4, 0.5) is 0 Å². The van der Waals surface area contributed by atoms with Crippen molar-refractivity contribution in [3.05, 3.63) is 23.3 Å². The molecule has 0 N–H and O–H groups in total. The van der Waals surface area contributed by atoms with Crippen molar-refractivity contribution >= 4 is 14.1 Å². The fraction of sp³-hybridized carbons (Fsp3) is 0.682. The molecule has 0 bridgehead atoms. The zero-order chi connectivity index (χ0) is 18.7. The number of Topliss-reactive ketones (excluding diaryl/α,β-unsaturated/α-hetero) is 1. The molecule has 3 aliphatic carbocycles. The highest BCUT2D eigenvalue weighted by Gasteiger charge is 2.54. The SMILES string of the molecule is COc1ccc2c(c1O[Si](C)(C)C)CCC1C2CCC2(C)C(=O)CCC12. The molecule has 4 unspecified atom stereocenters. The van der Waals surface area contributed by atoms with Crippen molar-refractivity contribution < 1.29 is 14.0 Å². The lowest BCUT2D eigenvalue weighted by Gasteiger charge is -2.48. The summed E-state index contributed by atoms with van der Waals surface area (Å²) < 4.78 is 12.1. The van der Waals surface area contributed by atoms with Gasteiger partial charge in [-0.1, -0.05) is 13.0 Å². The zero-order valence-electron chi connectivity index (χ0n) is 16.9. The zero-order valence-corrected chi connectivity index (χ0v) is 17.9. The lowest BCUT2D eigenvalue weighted by atomic mass is 9.55. The van der Waals surface area contributed by atoms with E-state index in [0.29, 0.717) is 23.5 Å². The second-order valence-electron chi connectivity index (χ2n) is 9.71. The molecule has 3 nitrogen and oxygen atoms in total. The van der Waals surface area contributed by atoms with Gasteiger partial charge < -0.3 is 9.16 Å². The molecule has 0 amide bonds. The quantitative estimate of drug-likeness (QED) is 0.672. The molecule has 4 heteroatoms. The Kier molecular flexibility index (Phi) is 4.25. The third-order valence-electron chi connectivity index (χ3n) is 7.16. The molecule has 142 valence electrons. The first-order valence-corrected chi connectivity index (χ1v) is 13.6. The Morgan fingerprint density at radius 3 is 2.58 bits per heavy atom. The van der Waals surface area contributed by atoms with E-state index >= 15 is 0 Å². The highest BCUT2D eigenvalue weighted by Crippen LogP contribution is 2.60. The van der Waals surface area contributed by atoms with Crippen LogP contribution in [-0.2, 0) is 11.2 Å². The summed E-state index contributed by atoms with van der Waals surface area (Å²) >= 11 is 0. The first kappa shape index (κ1) is 18.1. The number of carbonyl (C=O) groups is 1. The van der Waals surface area contributed by atoms with Gasteiger partial charge in [0.15, 0.2) is 5.75 Å². The van der Waals surface area contributed by atoms with Gasteiger partial charge >= 0.3 is 0 Å². The lowest BCUT2D eigenvalue weighted by Crippen LogP contribution is -2.42. The Morgan fingerprint density at radius 1 is 1.12 bits per heavy atom. The van der Waals surface area contributed by atoms with Gasteiger partial charge in [-0.15, -0.1) is 0 Å². The van der Waals surface area contributed by atoms with Crippen LogP contribution < -0.4 is 9.16 Å². The smallest absolute Gasteiger partial charge is 0.242 e. The van der Waals surface area contributed by atoms with Crippen LogP contribution in [0, 0.1) is 17.3 Å². The van der Waals surface area contributed by atoms with Gasteiger partial charge in [-0.25, -0.2) is 0 Å². The molecule has 0 aromatic heterocycles. The topological polar surface area (TPSA) is 35.5 Å². The van der Waals surface area contributed by atoms with E-state index in [2.05, 4.69) is 38.7 Å². The van der Waals surface area contributed by atoms with Crippen molar-refractivity contribution in [3.63, 3.8) is 0 Å². The second-order valence-corrected chi connectivity index (χ2v) is 14.1. The van der Waals surface area contributed by atoms with Gasteiger partial charge in [-0.3, -0.25) is 4.79 Å². The summed E-state index contributed by atoms with van der Waals surface area (Å²) in [6, 6.07) is 4.38. The molecule has 0 radical (unpaired) electrons. The van der Waals surface area contributed by atoms with Gasteiger partial charge in [0.1, 0.15) is 11.5 Å². The van der Waals surface area contributed by atoms with Crippen molar-refractivity contribution in [2.24, 2.45) is 17.3 Å². The fourth-order valence-corrected chi connectivity index (χ4v) is 6.80. The van der Waals surface area contributed by atoms with Crippen molar-refractivity contribution in [2.75, 3.05) is 7.11 Å². The number of rotatable bonds is 3. The summed E-state index contributed by atoms with van der Waals surface area (Å²) in [4.78, 5) is 12.5. The van der Waals surface area contributed by atoms with E-state index in [1.54, 1.807) is 7.11 Å². The summed E-state index contributed by atoms with van der Waals surface area (Å²) in [6.45, 7) is 8.93. The van der Waals surface area contributed by atoms with E-state index in [9.17, 15) is 4.79 Å². The third-order valence-corrected chi connectivity index (χ3v) is 7.98. The molecule has 4 rings (SSSR count). The summed E-state index contributed by atoms with van der Waals surface area (Å²) in [5, 5.41) is 0. The van der Waals surface area contributed by atoms with Gasteiger partial charge in [0.25, 0.3) is 0 Å². The number of hydrogen-bond acceptors (Lipinski definition) is 3. The Balaban J connectivity index is 1.73. The van der Waals surface area contributed by atoms with Crippen LogP contribution in [0.1, 0.15) is 56.1 Å². The average Bonchev–Trinajstić information content (AvgIpc) is 2.89. The minimum absolute atomic E-state index is 0.0528. The van der Waals surface area contributed by atoms with Gasteiger partial charge in [0.2, 0.25) is 8.32 Å². The van der Waals surface area contributed by atoms with Crippen LogP contribution in [-0.4, -0.2) is 21.2 Å². The van der Waals surface area contributed by atoms with Crippen LogP contribution in [0.25, 0.3) is 0 Å². The molecular weight excluding hydrogens is 340 g/mol. The van der Waals surface area contributed by atoms with Crippen molar-refractivity contribution in [1.29, 1.82) is 0 Å². The number of ether oxygens (including phenoxy) is 1. The van der Waals surface area contributed by atoms with Gasteiger partial charge in [0, 0.05) is 17.4 Å². The largest absolute Gasteiger partial charge is 0.542 e. The van der Waals surface area contributed by atoms with Gasteiger partial charge in [-0.05, 0) is 81.1 Å². The molecule has 0 saturated heterocycles. The Bertz CT molecular complexity index is 736. The second kappa shape index (κ2) is 6.12. The van der Waals surface area contributed by atoms with E-state index < -0.39 is 8.32 Å². The standard InChI is InChI=1S/C22H32O3Si/c1-22-13-12-15-14-8-10-19(24-2)21(25-26(3,4)5)17(14)7-6-16(15)18(22)9-11-20(22)23/h8,10,15-16,18H,6-7,9,11-13H2,1-5H3. The van der Waals surface area contributed by atoms with Gasteiger partial charge in [0.05, 0.1) is 7.11 Å². The third kappa shape index (κ3) is 2.72. The van der Waals surface area contributed by atoms with Crippen LogP contribution in [0.3, 0.4) is 0 Å². The number of carbonyl (C=O) groups excluding carboxylic acids is 1. The van der Waals surface area contributed by atoms with Crippen LogP contribution in [0.5, 0.6) is 11.5 Å². The number of fused-ring (bicyclic) bond motifs is 5. The lowest BCUT2D eigenvalue weighted by molar-refractivity contribution is -0.129. The van der Waals surface area contributed by atoms with E-state index in [-0.39, 0.29) is 5.41 Å². The Morgan fingerprint density at radius 2 is 1.88 bits per heavy atom. The number of benzene rings is 1. The average molecular weight is 373 g/mol. The molecule has 1 aromatic carbocycles. The van der Waals surface area contributed by atoms with Crippen molar-refractivity contribution in [3.8, 4) is 11.5 Å². The molecule has 0 spiro atoms. The molecule has 0 aliphatic heterocycles. The molecular formula is C22H32O3Si. The molecule has 2 fully saturated rings. The number of ketones is 1. The summed E-state index contributed by atoms with van der Waals surface area (Å²) in [5.41, 5.74) is 2.79. The van der Waals surface area contributed by atoms with Gasteiger partial charge in [-0.2, -0.15) is 0 Å². The molecule has 0 heterocycles. The normalized spacial score (nSPS) is 33.3. The predicted molar refractivity (Wildman–Crippen MR) is 107 cm³/mol. The molecule has 26 heavy (non-hydrogen) atoms. The maximum absolute atomic E-state index is 12.5. The first-order chi connectivity index (χ1) is 12.2. The van der Waals surface area contributed by atoms with Crippen molar-refractivity contribution in [1.82, 2.24) is 0 Å². The van der Waals surface area contributed by atoms with Crippen LogP contribution in [0.2, 0.25) is 19.6 Å². The van der Waals surface area contributed by atoms with E-state index in [1.807, 2.05) is 0 Å². The summed E-state index contributed by atoms with van der Waals surface area (Å²) in [5.74, 6) is 4.20. The summed E-state index contributed by atoms with van der Waals surface area (Å²) in [6.07, 6.45) is 6.31. The van der Waals surface area contributed by atoms with Crippen LogP contribution in [0.15, 0.2) is 12.1 Å². The van der Waals surface area contributed by atoms with E-state index in [0.717, 1.165) is 43.6 Å². The summed E-state index contributed by atoms with van der Waals surface area (Å²) in [7, 11) is 0.0211. The minimum atomic E-state index is -1.72. The first-order valence-electron chi connectivity index (χ1n) is 10.2. The highest BCUT2D eigenvalue weighted by molar-refractivity contribution is 6.70. The number of hydrogen-bond donors (Lipinski definition) is 0. The Hall–Kier alpha value is -1.29. The predicted octanol–water partition coefficient (Wildman–Crippen LogP) is 5.33. The molecule has 2 saturated carbocycles. The maximum atomic E-state index is 12.5. The monoisotopic (exact) mass is 372 g/mol.